The third-order valence-corrected chi connectivity index (χ3v) is 3.43. The van der Waals surface area contributed by atoms with Crippen LogP contribution in [0.5, 0.6) is 0 Å². The van der Waals surface area contributed by atoms with Crippen LogP contribution >= 0.6 is 15.9 Å². The summed E-state index contributed by atoms with van der Waals surface area (Å²) < 4.78 is 14.3. The molecule has 0 amide bonds. The third-order valence-electron chi connectivity index (χ3n) is 2.93. The van der Waals surface area contributed by atoms with Crippen LogP contribution in [0.1, 0.15) is 37.4 Å². The third kappa shape index (κ3) is 2.53. The minimum Gasteiger partial charge on any atom is -0.384 e. The Hall–Kier alpha value is -0.670. The van der Waals surface area contributed by atoms with Crippen molar-refractivity contribution in [3.8, 4) is 0 Å². The molecule has 0 radical (unpaired) electrons. The molecule has 1 nitrogen and oxygen atoms in total. The van der Waals surface area contributed by atoms with Crippen molar-refractivity contribution in [3.63, 3.8) is 0 Å². The monoisotopic (exact) mass is 284 g/mol. The van der Waals surface area contributed by atoms with E-state index in [2.05, 4.69) is 15.9 Å². The smallest absolute Gasteiger partial charge is 0.130 e. The Morgan fingerprint density at radius 1 is 1.31 bits per heavy atom. The lowest BCUT2D eigenvalue weighted by atomic mass is 9.91. The molecule has 2 rings (SSSR count). The number of allylic oxidation sites excluding steroid dienone is 1. The van der Waals surface area contributed by atoms with E-state index in [1.54, 1.807) is 12.1 Å². The number of hydrogen-bond donors (Lipinski definition) is 1. The summed E-state index contributed by atoms with van der Waals surface area (Å²) in [5, 5.41) is 10.1. The summed E-state index contributed by atoms with van der Waals surface area (Å²) in [5.74, 6) is -0.353. The maximum absolute atomic E-state index is 13.6. The molecule has 0 heterocycles. The normalized spacial score (nSPS) is 18.1. The second-order valence-electron chi connectivity index (χ2n) is 4.09. The van der Waals surface area contributed by atoms with Gasteiger partial charge in [-0.05, 0) is 43.4 Å². The van der Waals surface area contributed by atoms with Gasteiger partial charge < -0.3 is 5.11 Å². The zero-order chi connectivity index (χ0) is 11.5. The molecule has 0 bridgehead atoms. The first-order valence-electron chi connectivity index (χ1n) is 5.50. The van der Waals surface area contributed by atoms with Gasteiger partial charge in [-0.2, -0.15) is 0 Å². The van der Waals surface area contributed by atoms with Crippen molar-refractivity contribution < 1.29 is 9.50 Å². The van der Waals surface area contributed by atoms with Gasteiger partial charge in [-0.15, -0.1) is 0 Å². The number of hydrogen-bond acceptors (Lipinski definition) is 1. The van der Waals surface area contributed by atoms with Crippen LogP contribution in [0.4, 0.5) is 4.39 Å². The van der Waals surface area contributed by atoms with E-state index in [9.17, 15) is 9.50 Å². The predicted octanol–water partition coefficient (Wildman–Crippen LogP) is 4.12. The molecule has 16 heavy (non-hydrogen) atoms. The van der Waals surface area contributed by atoms with Gasteiger partial charge in [-0.1, -0.05) is 28.1 Å². The summed E-state index contributed by atoms with van der Waals surface area (Å²) in [5.41, 5.74) is 1.32. The van der Waals surface area contributed by atoms with Crippen LogP contribution in [0.2, 0.25) is 0 Å². The number of benzene rings is 1. The van der Waals surface area contributed by atoms with Gasteiger partial charge in [0.25, 0.3) is 0 Å². The van der Waals surface area contributed by atoms with Crippen molar-refractivity contribution in [1.29, 1.82) is 0 Å². The molecule has 1 aromatic rings. The molecule has 0 saturated carbocycles. The molecule has 1 aliphatic rings. The van der Waals surface area contributed by atoms with Crippen molar-refractivity contribution in [2.24, 2.45) is 0 Å². The van der Waals surface area contributed by atoms with Crippen LogP contribution < -0.4 is 0 Å². The summed E-state index contributed by atoms with van der Waals surface area (Å²) in [4.78, 5) is 0. The highest BCUT2D eigenvalue weighted by Crippen LogP contribution is 2.31. The second-order valence-corrected chi connectivity index (χ2v) is 5.01. The van der Waals surface area contributed by atoms with Crippen LogP contribution in [0.25, 0.3) is 0 Å². The van der Waals surface area contributed by atoms with Gasteiger partial charge in [-0.25, -0.2) is 4.39 Å². The maximum Gasteiger partial charge on any atom is 0.130 e. The van der Waals surface area contributed by atoms with E-state index in [4.69, 9.17) is 0 Å². The first kappa shape index (κ1) is 11.8. The number of rotatable bonds is 2. The zero-order valence-corrected chi connectivity index (χ0v) is 10.5. The topological polar surface area (TPSA) is 20.2 Å². The van der Waals surface area contributed by atoms with E-state index in [1.807, 2.05) is 6.08 Å². The van der Waals surface area contributed by atoms with Crippen LogP contribution in [-0.2, 0) is 0 Å². The second kappa shape index (κ2) is 5.11. The fraction of sp³-hybridized carbons (Fsp3) is 0.385. The molecule has 86 valence electrons. The molecule has 0 aromatic heterocycles. The SMILES string of the molecule is OC(C1=CCCCC1)c1ccc(Br)cc1F. The number of aliphatic hydroxyl groups is 1. The predicted molar refractivity (Wildman–Crippen MR) is 65.6 cm³/mol. The van der Waals surface area contributed by atoms with E-state index < -0.39 is 6.10 Å². The van der Waals surface area contributed by atoms with E-state index in [0.29, 0.717) is 10.0 Å². The van der Waals surface area contributed by atoms with Crippen molar-refractivity contribution in [3.05, 3.63) is 45.7 Å². The summed E-state index contributed by atoms with van der Waals surface area (Å²) in [6.07, 6.45) is 5.37. The highest BCUT2D eigenvalue weighted by Gasteiger charge is 2.18. The molecule has 1 N–H and O–H groups in total. The molecule has 0 fully saturated rings. The first-order chi connectivity index (χ1) is 7.68. The molecule has 1 unspecified atom stereocenters. The van der Waals surface area contributed by atoms with Crippen LogP contribution in [0, 0.1) is 5.82 Å². The minimum absolute atomic E-state index is 0.353. The molecule has 3 heteroatoms. The minimum atomic E-state index is -0.784. The quantitative estimate of drug-likeness (QED) is 0.810. The maximum atomic E-state index is 13.6. The molecule has 0 saturated heterocycles. The van der Waals surface area contributed by atoms with Crippen LogP contribution in [0.3, 0.4) is 0 Å². The van der Waals surface area contributed by atoms with Crippen LogP contribution in [0.15, 0.2) is 34.3 Å². The summed E-state index contributed by atoms with van der Waals surface area (Å²) in [6, 6.07) is 4.78. The lowest BCUT2D eigenvalue weighted by molar-refractivity contribution is 0.203. The highest BCUT2D eigenvalue weighted by molar-refractivity contribution is 9.10. The highest BCUT2D eigenvalue weighted by atomic mass is 79.9. The first-order valence-corrected chi connectivity index (χ1v) is 6.30. The fourth-order valence-corrected chi connectivity index (χ4v) is 2.37. The van der Waals surface area contributed by atoms with Gasteiger partial charge in [0.05, 0.1) is 0 Å². The van der Waals surface area contributed by atoms with Gasteiger partial charge in [0.15, 0.2) is 0 Å². The summed E-state index contributed by atoms with van der Waals surface area (Å²) in [7, 11) is 0. The fourth-order valence-electron chi connectivity index (χ4n) is 2.03. The van der Waals surface area contributed by atoms with Gasteiger partial charge >= 0.3 is 0 Å². The molecule has 1 aromatic carbocycles. The summed E-state index contributed by atoms with van der Waals surface area (Å²) >= 11 is 3.21. The Bertz CT molecular complexity index is 414. The Morgan fingerprint density at radius 2 is 2.12 bits per heavy atom. The molecule has 0 spiro atoms. The van der Waals surface area contributed by atoms with Crippen molar-refractivity contribution in [2.45, 2.75) is 31.8 Å². The molecule has 0 aliphatic heterocycles. The van der Waals surface area contributed by atoms with Crippen molar-refractivity contribution in [2.75, 3.05) is 0 Å². The zero-order valence-electron chi connectivity index (χ0n) is 8.92. The standard InChI is InChI=1S/C13H14BrFO/c14-10-6-7-11(12(15)8-10)13(16)9-4-2-1-3-5-9/h4,6-8,13,16H,1-3,5H2. The lowest BCUT2D eigenvalue weighted by Crippen LogP contribution is -2.06. The number of halogens is 2. The van der Waals surface area contributed by atoms with Gasteiger partial charge in [0, 0.05) is 10.0 Å². The Morgan fingerprint density at radius 3 is 2.75 bits per heavy atom. The van der Waals surface area contributed by atoms with Crippen molar-refractivity contribution >= 4 is 15.9 Å². The molecule has 1 atom stereocenters. The Labute approximate surface area is 103 Å². The van der Waals surface area contributed by atoms with E-state index in [-0.39, 0.29) is 5.82 Å². The Kier molecular flexibility index (Phi) is 3.77. The lowest BCUT2D eigenvalue weighted by Gasteiger charge is -2.19. The van der Waals surface area contributed by atoms with E-state index in [1.165, 1.54) is 12.5 Å². The number of aliphatic hydroxyl groups excluding tert-OH is 1. The van der Waals surface area contributed by atoms with E-state index in [0.717, 1.165) is 24.8 Å². The van der Waals surface area contributed by atoms with Gasteiger partial charge in [-0.3, -0.25) is 0 Å². The average molecular weight is 285 g/mol. The Balaban J connectivity index is 2.26. The summed E-state index contributed by atoms with van der Waals surface area (Å²) in [6.45, 7) is 0. The van der Waals surface area contributed by atoms with Crippen molar-refractivity contribution in [1.82, 2.24) is 0 Å². The largest absolute Gasteiger partial charge is 0.384 e. The molecular formula is C13H14BrFO. The molecular weight excluding hydrogens is 271 g/mol. The van der Waals surface area contributed by atoms with Gasteiger partial charge in [0.2, 0.25) is 0 Å². The molecule has 1 aliphatic carbocycles. The van der Waals surface area contributed by atoms with Gasteiger partial charge in [0.1, 0.15) is 11.9 Å². The average Bonchev–Trinajstić information content (AvgIpc) is 2.29. The van der Waals surface area contributed by atoms with Crippen LogP contribution in [-0.4, -0.2) is 5.11 Å². The van der Waals surface area contributed by atoms with E-state index >= 15 is 0 Å².